The van der Waals surface area contributed by atoms with E-state index in [1.807, 2.05) is 0 Å². The molecule has 3 aliphatic heterocycles. The highest BCUT2D eigenvalue weighted by Gasteiger charge is 2.55. The van der Waals surface area contributed by atoms with Gasteiger partial charge in [0.25, 0.3) is 11.8 Å². The van der Waals surface area contributed by atoms with Crippen LogP contribution in [0.1, 0.15) is 18.5 Å². The molecule has 2 fully saturated rings. The summed E-state index contributed by atoms with van der Waals surface area (Å²) in [6.07, 6.45) is -9.22. The summed E-state index contributed by atoms with van der Waals surface area (Å²) in [6.45, 7) is -1.77. The lowest BCUT2D eigenvalue weighted by Gasteiger charge is -2.49. The third-order valence-electron chi connectivity index (χ3n) is 6.21. The zero-order valence-electron chi connectivity index (χ0n) is 22.2. The minimum atomic E-state index is -5.58. The maximum absolute atomic E-state index is 13.2. The molecule has 3 N–H and O–H groups in total. The van der Waals surface area contributed by atoms with E-state index in [1.165, 1.54) is 5.38 Å². The molecule has 0 bridgehead atoms. The number of amides is 3. The van der Waals surface area contributed by atoms with Crippen molar-refractivity contribution < 1.29 is 59.9 Å². The number of piperidine rings is 1. The van der Waals surface area contributed by atoms with Crippen molar-refractivity contribution in [3.63, 3.8) is 0 Å². The molecule has 0 radical (unpaired) electrons. The van der Waals surface area contributed by atoms with E-state index in [0.29, 0.717) is 9.80 Å². The number of likely N-dealkylation sites (tertiary alicyclic amines) is 1. The summed E-state index contributed by atoms with van der Waals surface area (Å²) in [6, 6.07) is -1.36. The molecule has 44 heavy (non-hydrogen) atoms. The summed E-state index contributed by atoms with van der Waals surface area (Å²) in [5.74, 6) is -8.05. The lowest BCUT2D eigenvalue weighted by atomic mass is 9.98. The minimum Gasteiger partial charge on any atom is -0.398 e. The third kappa shape index (κ3) is 6.98. The molecule has 3 amide bonds. The topological polar surface area (TPSA) is 174 Å². The van der Waals surface area contributed by atoms with Crippen LogP contribution >= 0.6 is 23.1 Å². The number of nitrogens with zero attached hydrogens (tertiary/aromatic N) is 4. The van der Waals surface area contributed by atoms with Crippen LogP contribution in [0.5, 0.6) is 0 Å². The van der Waals surface area contributed by atoms with Gasteiger partial charge in [-0.25, -0.2) is 14.6 Å². The lowest BCUT2D eigenvalue weighted by molar-refractivity contribution is -0.201. The number of thiazole rings is 1. The van der Waals surface area contributed by atoms with Gasteiger partial charge < -0.3 is 25.5 Å². The molecule has 2 atom stereocenters. The Bertz CT molecular complexity index is 1490. The predicted molar refractivity (Wildman–Crippen MR) is 139 cm³/mol. The summed E-state index contributed by atoms with van der Waals surface area (Å²) in [5.41, 5.74) is 3.92. The van der Waals surface area contributed by atoms with Crippen LogP contribution in [0.25, 0.3) is 0 Å². The third-order valence-corrected chi connectivity index (χ3v) is 8.19. The highest BCUT2D eigenvalue weighted by atomic mass is 32.2. The number of hydrogen-bond donors (Lipinski definition) is 2. The number of nitrogen functional groups attached to an aromatic ring is 1. The molecule has 1 aromatic rings. The van der Waals surface area contributed by atoms with Gasteiger partial charge in [0.2, 0.25) is 5.91 Å². The molecule has 2 saturated heterocycles. The number of hydrogen-bond acceptors (Lipinski definition) is 12. The first-order valence-electron chi connectivity index (χ1n) is 12.2. The quantitative estimate of drug-likeness (QED) is 0.0823. The molecule has 0 aromatic carbocycles. The van der Waals surface area contributed by atoms with Gasteiger partial charge >= 0.3 is 24.3 Å². The Morgan fingerprint density at radius 3 is 2.52 bits per heavy atom. The van der Waals surface area contributed by atoms with E-state index in [9.17, 15) is 50.3 Å². The number of esters is 2. The van der Waals surface area contributed by atoms with E-state index >= 15 is 0 Å². The largest absolute Gasteiger partial charge is 0.491 e. The number of aromatic nitrogens is 1. The van der Waals surface area contributed by atoms with Crippen molar-refractivity contribution in [2.75, 3.05) is 31.7 Å². The van der Waals surface area contributed by atoms with Crippen molar-refractivity contribution in [2.24, 2.45) is 5.16 Å². The van der Waals surface area contributed by atoms with E-state index in [4.69, 9.17) is 5.73 Å². The van der Waals surface area contributed by atoms with E-state index in [2.05, 4.69) is 25.0 Å². The van der Waals surface area contributed by atoms with Crippen LogP contribution in [0, 0.1) is 0 Å². The zero-order chi connectivity index (χ0) is 32.6. The molecule has 0 unspecified atom stereocenters. The molecule has 238 valence electrons. The number of β-lactam (4-membered cyclic amide) rings is 1. The Hall–Kier alpha value is -4.14. The van der Waals surface area contributed by atoms with Gasteiger partial charge in [0.15, 0.2) is 10.8 Å². The number of nitrogens with one attached hydrogen (secondary N) is 1. The molecular formula is C23H20F6N6O7S2. The molecule has 1 aromatic heterocycles. The Labute approximate surface area is 251 Å². The number of fused-ring (bicyclic) bond motifs is 1. The van der Waals surface area contributed by atoms with Gasteiger partial charge in [0.05, 0.1) is 0 Å². The van der Waals surface area contributed by atoms with E-state index in [1.54, 1.807) is 0 Å². The standard InChI is InChI=1S/C23H20F6N6O7S2/c1-41-33-12(11-7-44-21(30)31-11)15(36)32-13-17(38)35-14(19(39)42-20(40)23(27,28)29)10(6-43-18(13)35)5-9-3-2-4-34(16(9)37)8-22(24,25)26/h5,7,13,18H,2-4,6,8H2,1H3,(H2,30,31)(H,32,36)/b9-5?,33-12-/t13-,18-/m1/s1. The van der Waals surface area contributed by atoms with Crippen LogP contribution in [0.15, 0.2) is 33.5 Å². The molecule has 3 aliphatic rings. The van der Waals surface area contributed by atoms with Gasteiger partial charge in [-0.3, -0.25) is 19.3 Å². The van der Waals surface area contributed by atoms with Crippen molar-refractivity contribution >= 4 is 63.6 Å². The summed E-state index contributed by atoms with van der Waals surface area (Å²) in [5, 5.41) is 6.32. The number of halogens is 6. The number of alkyl halides is 6. The van der Waals surface area contributed by atoms with Crippen molar-refractivity contribution in [1.29, 1.82) is 0 Å². The number of thioether (sulfide) groups is 1. The lowest BCUT2D eigenvalue weighted by Crippen LogP contribution is -2.71. The number of ether oxygens (including phenoxy) is 1. The average molecular weight is 671 g/mol. The number of oxime groups is 1. The van der Waals surface area contributed by atoms with Crippen molar-refractivity contribution in [2.45, 2.75) is 36.6 Å². The molecule has 13 nitrogen and oxygen atoms in total. The molecule has 0 aliphatic carbocycles. The second-order valence-corrected chi connectivity index (χ2v) is 11.2. The molecule has 4 rings (SSSR count). The smallest absolute Gasteiger partial charge is 0.398 e. The first kappa shape index (κ1) is 32.8. The van der Waals surface area contributed by atoms with E-state index in [0.717, 1.165) is 36.3 Å². The Balaban J connectivity index is 1.64. The first-order valence-corrected chi connectivity index (χ1v) is 14.2. The van der Waals surface area contributed by atoms with Crippen molar-refractivity contribution in [3.8, 4) is 0 Å². The van der Waals surface area contributed by atoms with Gasteiger partial charge in [-0.1, -0.05) is 5.16 Å². The van der Waals surface area contributed by atoms with Crippen molar-refractivity contribution in [1.82, 2.24) is 20.1 Å². The minimum absolute atomic E-state index is 0.00669. The molecule has 4 heterocycles. The summed E-state index contributed by atoms with van der Waals surface area (Å²) in [7, 11) is 1.14. The van der Waals surface area contributed by atoms with Gasteiger partial charge in [-0.05, 0) is 24.5 Å². The molecular weight excluding hydrogens is 650 g/mol. The Kier molecular flexibility index (Phi) is 9.28. The van der Waals surface area contributed by atoms with E-state index in [-0.39, 0.29) is 52.8 Å². The number of rotatable bonds is 7. The SMILES string of the molecule is CO/N=C(\C(=O)N[C@@H]1C(=O)N2C(C(=O)OC(=O)C(F)(F)F)=C(C=C3CCCN(CC(F)(F)F)C3=O)CS[C@H]12)c1csc(N)n1. The highest BCUT2D eigenvalue weighted by Crippen LogP contribution is 2.42. The monoisotopic (exact) mass is 670 g/mol. The van der Waals surface area contributed by atoms with Crippen LogP contribution in [0.4, 0.5) is 31.5 Å². The van der Waals surface area contributed by atoms with Gasteiger partial charge in [-0.15, -0.1) is 23.1 Å². The maximum Gasteiger partial charge on any atom is 0.491 e. The molecule has 21 heteroatoms. The summed E-state index contributed by atoms with van der Waals surface area (Å²) in [4.78, 5) is 72.9. The predicted octanol–water partition coefficient (Wildman–Crippen LogP) is 1.47. The van der Waals surface area contributed by atoms with Crippen LogP contribution in [-0.4, -0.2) is 99.9 Å². The van der Waals surface area contributed by atoms with Crippen LogP contribution in [0.2, 0.25) is 0 Å². The zero-order valence-corrected chi connectivity index (χ0v) is 23.8. The Morgan fingerprint density at radius 1 is 1.23 bits per heavy atom. The van der Waals surface area contributed by atoms with Crippen LogP contribution < -0.4 is 11.1 Å². The van der Waals surface area contributed by atoms with Gasteiger partial charge in [0, 0.05) is 23.3 Å². The van der Waals surface area contributed by atoms with Crippen molar-refractivity contribution in [3.05, 3.63) is 34.0 Å². The number of carbonyl (C=O) groups excluding carboxylic acids is 5. The van der Waals surface area contributed by atoms with Gasteiger partial charge in [0.1, 0.15) is 36.5 Å². The van der Waals surface area contributed by atoms with Gasteiger partial charge in [-0.2, -0.15) is 26.3 Å². The molecule has 0 spiro atoms. The molecule has 0 saturated carbocycles. The first-order chi connectivity index (χ1) is 20.5. The normalized spacial score (nSPS) is 22.1. The summed E-state index contributed by atoms with van der Waals surface area (Å²) >= 11 is 1.89. The fourth-order valence-electron chi connectivity index (χ4n) is 4.42. The summed E-state index contributed by atoms with van der Waals surface area (Å²) < 4.78 is 81.4. The van der Waals surface area contributed by atoms with Crippen LogP contribution in [-0.2, 0) is 33.5 Å². The fraction of sp³-hybridized carbons (Fsp3) is 0.435. The number of allylic oxidation sites excluding steroid dienone is 1. The fourth-order valence-corrected chi connectivity index (χ4v) is 6.27. The highest BCUT2D eigenvalue weighted by molar-refractivity contribution is 8.00. The maximum atomic E-state index is 13.2. The number of nitrogens with two attached hydrogens (primary N) is 1. The second-order valence-electron chi connectivity index (χ2n) is 9.22. The Morgan fingerprint density at radius 2 is 1.93 bits per heavy atom. The number of anilines is 1. The number of carbonyl (C=O) groups is 5. The van der Waals surface area contributed by atoms with E-state index < -0.39 is 65.7 Å². The van der Waals surface area contributed by atoms with Crippen LogP contribution in [0.3, 0.4) is 0 Å². The second kappa shape index (κ2) is 12.5. The average Bonchev–Trinajstić information content (AvgIpc) is 3.36.